The summed E-state index contributed by atoms with van der Waals surface area (Å²) in [6, 6.07) is 6.18. The second-order valence-electron chi connectivity index (χ2n) is 5.39. The second kappa shape index (κ2) is 7.01. The van der Waals surface area contributed by atoms with Gasteiger partial charge in [0.15, 0.2) is 0 Å². The Labute approximate surface area is 137 Å². The lowest BCUT2D eigenvalue weighted by atomic mass is 10.3. The third-order valence-electron chi connectivity index (χ3n) is 3.67. The summed E-state index contributed by atoms with van der Waals surface area (Å²) in [4.78, 5) is 16.3. The van der Waals surface area contributed by atoms with Gasteiger partial charge >= 0.3 is 0 Å². The average Bonchev–Trinajstić information content (AvgIpc) is 2.97. The van der Waals surface area contributed by atoms with Gasteiger partial charge in [-0.25, -0.2) is 4.39 Å². The maximum absolute atomic E-state index is 13.5. The van der Waals surface area contributed by atoms with E-state index in [-0.39, 0.29) is 18.1 Å². The highest BCUT2D eigenvalue weighted by Gasteiger charge is 2.21. The molecule has 0 saturated carbocycles. The van der Waals surface area contributed by atoms with Crippen molar-refractivity contribution < 1.29 is 9.18 Å². The number of nitrogens with one attached hydrogen (secondary N) is 1. The van der Waals surface area contributed by atoms with Crippen LogP contribution in [0.4, 0.5) is 15.2 Å². The molecule has 0 atom stereocenters. The summed E-state index contributed by atoms with van der Waals surface area (Å²) in [7, 11) is 0. The Morgan fingerprint density at radius 3 is 2.65 bits per heavy atom. The van der Waals surface area contributed by atoms with Crippen LogP contribution in [0.15, 0.2) is 24.3 Å². The average molecular weight is 335 g/mol. The normalized spacial score (nSPS) is 15.7. The van der Waals surface area contributed by atoms with Gasteiger partial charge in [-0.05, 0) is 19.1 Å². The van der Waals surface area contributed by atoms with Gasteiger partial charge in [0, 0.05) is 26.2 Å². The van der Waals surface area contributed by atoms with Crippen LogP contribution in [0.25, 0.3) is 0 Å². The van der Waals surface area contributed by atoms with Crippen LogP contribution in [-0.4, -0.2) is 53.7 Å². The molecule has 0 spiro atoms. The number of piperazine rings is 1. The molecule has 1 aromatic carbocycles. The second-order valence-corrected chi connectivity index (χ2v) is 6.55. The molecule has 1 aliphatic rings. The number of benzene rings is 1. The predicted molar refractivity (Wildman–Crippen MR) is 88.3 cm³/mol. The monoisotopic (exact) mass is 335 g/mol. The van der Waals surface area contributed by atoms with Crippen LogP contribution in [0, 0.1) is 12.7 Å². The number of aromatic nitrogens is 2. The van der Waals surface area contributed by atoms with E-state index < -0.39 is 5.82 Å². The minimum Gasteiger partial charge on any atom is -0.344 e. The zero-order valence-electron chi connectivity index (χ0n) is 12.8. The van der Waals surface area contributed by atoms with Crippen molar-refractivity contribution in [3.8, 4) is 0 Å². The summed E-state index contributed by atoms with van der Waals surface area (Å²) >= 11 is 1.58. The molecule has 0 aliphatic carbocycles. The Bertz CT molecular complexity index is 684. The van der Waals surface area contributed by atoms with Crippen molar-refractivity contribution in [3.63, 3.8) is 0 Å². The maximum atomic E-state index is 13.5. The van der Waals surface area contributed by atoms with Crippen molar-refractivity contribution in [3.05, 3.63) is 35.1 Å². The van der Waals surface area contributed by atoms with Gasteiger partial charge in [0.2, 0.25) is 11.0 Å². The number of hydrogen-bond acceptors (Lipinski definition) is 6. The van der Waals surface area contributed by atoms with Crippen LogP contribution in [0.2, 0.25) is 0 Å². The number of carbonyl (C=O) groups is 1. The topological polar surface area (TPSA) is 61.4 Å². The van der Waals surface area contributed by atoms with E-state index in [0.717, 1.165) is 36.3 Å². The molecule has 8 heteroatoms. The number of anilines is 2. The van der Waals surface area contributed by atoms with Crippen molar-refractivity contribution in [1.29, 1.82) is 0 Å². The van der Waals surface area contributed by atoms with Gasteiger partial charge in [-0.3, -0.25) is 9.69 Å². The van der Waals surface area contributed by atoms with Crippen LogP contribution >= 0.6 is 11.3 Å². The molecule has 1 saturated heterocycles. The first-order chi connectivity index (χ1) is 11.1. The molecule has 2 aromatic rings. The third kappa shape index (κ3) is 4.02. The van der Waals surface area contributed by atoms with Gasteiger partial charge in [-0.1, -0.05) is 23.5 Å². The van der Waals surface area contributed by atoms with Gasteiger partial charge < -0.3 is 10.2 Å². The summed E-state index contributed by atoms with van der Waals surface area (Å²) in [6.45, 7) is 5.34. The van der Waals surface area contributed by atoms with E-state index in [0.29, 0.717) is 0 Å². The molecule has 0 unspecified atom stereocenters. The van der Waals surface area contributed by atoms with Gasteiger partial charge in [0.1, 0.15) is 10.8 Å². The van der Waals surface area contributed by atoms with Crippen LogP contribution in [-0.2, 0) is 4.79 Å². The Kier molecular flexibility index (Phi) is 4.82. The standard InChI is InChI=1S/C15H18FN5OS/c1-11-18-19-15(23-11)21-8-6-20(7-9-21)10-14(22)17-13-5-3-2-4-12(13)16/h2-5H,6-10H2,1H3,(H,17,22). The number of para-hydroxylation sites is 1. The molecule has 122 valence electrons. The van der Waals surface area contributed by atoms with Gasteiger partial charge in [0.05, 0.1) is 12.2 Å². The highest BCUT2D eigenvalue weighted by atomic mass is 32.1. The van der Waals surface area contributed by atoms with Crippen LogP contribution in [0.5, 0.6) is 0 Å². The molecule has 1 aromatic heterocycles. The van der Waals surface area contributed by atoms with Crippen molar-refractivity contribution in [2.75, 3.05) is 42.9 Å². The molecule has 1 N–H and O–H groups in total. The molecule has 6 nitrogen and oxygen atoms in total. The fourth-order valence-electron chi connectivity index (χ4n) is 2.47. The van der Waals surface area contributed by atoms with E-state index in [1.54, 1.807) is 29.5 Å². The van der Waals surface area contributed by atoms with E-state index in [2.05, 4.69) is 25.3 Å². The molecule has 23 heavy (non-hydrogen) atoms. The van der Waals surface area contributed by atoms with E-state index in [9.17, 15) is 9.18 Å². The number of aryl methyl sites for hydroxylation is 1. The van der Waals surface area contributed by atoms with E-state index in [1.807, 2.05) is 6.92 Å². The van der Waals surface area contributed by atoms with Gasteiger partial charge in [-0.15, -0.1) is 10.2 Å². The van der Waals surface area contributed by atoms with Crippen LogP contribution in [0.3, 0.4) is 0 Å². The lowest BCUT2D eigenvalue weighted by Crippen LogP contribution is -2.48. The van der Waals surface area contributed by atoms with Crippen LogP contribution < -0.4 is 10.2 Å². The molecule has 3 rings (SSSR count). The summed E-state index contributed by atoms with van der Waals surface area (Å²) in [5.41, 5.74) is 0.223. The number of amides is 1. The van der Waals surface area contributed by atoms with Crippen molar-refractivity contribution >= 4 is 28.1 Å². The maximum Gasteiger partial charge on any atom is 0.238 e. The van der Waals surface area contributed by atoms with Crippen LogP contribution in [0.1, 0.15) is 5.01 Å². The lowest BCUT2D eigenvalue weighted by Gasteiger charge is -2.33. The molecular formula is C15H18FN5OS. The fraction of sp³-hybridized carbons (Fsp3) is 0.400. The largest absolute Gasteiger partial charge is 0.344 e. The fourth-order valence-corrected chi connectivity index (χ4v) is 3.21. The molecule has 1 amide bonds. The van der Waals surface area contributed by atoms with E-state index in [4.69, 9.17) is 0 Å². The highest BCUT2D eigenvalue weighted by molar-refractivity contribution is 7.15. The first-order valence-electron chi connectivity index (χ1n) is 7.43. The number of hydrogen-bond donors (Lipinski definition) is 1. The number of carbonyl (C=O) groups excluding carboxylic acids is 1. The third-order valence-corrected chi connectivity index (χ3v) is 4.57. The quantitative estimate of drug-likeness (QED) is 0.922. The molecule has 0 radical (unpaired) electrons. The number of rotatable bonds is 4. The summed E-state index contributed by atoms with van der Waals surface area (Å²) in [5.74, 6) is -0.618. The Morgan fingerprint density at radius 2 is 2.00 bits per heavy atom. The Hall–Kier alpha value is -2.06. The molecule has 1 fully saturated rings. The van der Waals surface area contributed by atoms with E-state index >= 15 is 0 Å². The zero-order valence-corrected chi connectivity index (χ0v) is 13.6. The highest BCUT2D eigenvalue weighted by Crippen LogP contribution is 2.20. The number of nitrogens with zero attached hydrogens (tertiary/aromatic N) is 4. The minimum atomic E-state index is -0.419. The Morgan fingerprint density at radius 1 is 1.26 bits per heavy atom. The predicted octanol–water partition coefficient (Wildman–Crippen LogP) is 1.75. The van der Waals surface area contributed by atoms with Crippen molar-refractivity contribution in [2.45, 2.75) is 6.92 Å². The number of halogens is 1. The summed E-state index contributed by atoms with van der Waals surface area (Å²) in [5, 5.41) is 12.7. The summed E-state index contributed by atoms with van der Waals surface area (Å²) in [6.07, 6.45) is 0. The Balaban J connectivity index is 1.49. The van der Waals surface area contributed by atoms with Crippen molar-refractivity contribution in [2.24, 2.45) is 0 Å². The smallest absolute Gasteiger partial charge is 0.238 e. The molecule has 0 bridgehead atoms. The SMILES string of the molecule is Cc1nnc(N2CCN(CC(=O)Nc3ccccc3F)CC2)s1. The minimum absolute atomic E-state index is 0.199. The van der Waals surface area contributed by atoms with Gasteiger partial charge in [-0.2, -0.15) is 0 Å². The van der Waals surface area contributed by atoms with E-state index in [1.165, 1.54) is 6.07 Å². The molecular weight excluding hydrogens is 317 g/mol. The lowest BCUT2D eigenvalue weighted by molar-refractivity contribution is -0.117. The first kappa shape index (κ1) is 15.8. The van der Waals surface area contributed by atoms with Gasteiger partial charge in [0.25, 0.3) is 0 Å². The van der Waals surface area contributed by atoms with Crippen molar-refractivity contribution in [1.82, 2.24) is 15.1 Å². The molecule has 2 heterocycles. The first-order valence-corrected chi connectivity index (χ1v) is 8.25. The molecule has 1 aliphatic heterocycles. The zero-order chi connectivity index (χ0) is 16.2. The summed E-state index contributed by atoms with van der Waals surface area (Å²) < 4.78 is 13.5.